The molecule has 0 bridgehead atoms. The van der Waals surface area contributed by atoms with E-state index in [9.17, 15) is 19.2 Å². The highest BCUT2D eigenvalue weighted by atomic mass is 32.2. The van der Waals surface area contributed by atoms with Gasteiger partial charge in [-0.25, -0.2) is 9.59 Å². The predicted octanol–water partition coefficient (Wildman–Crippen LogP) is 2.62. The third-order valence-electron chi connectivity index (χ3n) is 2.47. The lowest BCUT2D eigenvalue weighted by molar-refractivity contribution is -0.155. The van der Waals surface area contributed by atoms with Crippen molar-refractivity contribution in [2.45, 2.75) is 20.8 Å². The molecule has 0 fully saturated rings. The number of amides is 1. The molecule has 0 spiro atoms. The first-order valence-electron chi connectivity index (χ1n) is 7.63. The van der Waals surface area contributed by atoms with Gasteiger partial charge in [-0.05, 0) is 30.2 Å². The highest BCUT2D eigenvalue weighted by Gasteiger charge is 2.08. The van der Waals surface area contributed by atoms with Gasteiger partial charge in [0, 0.05) is 8.35 Å². The first-order chi connectivity index (χ1) is 12.3. The zero-order chi connectivity index (χ0) is 19.9. The van der Waals surface area contributed by atoms with Gasteiger partial charge in [0.15, 0.2) is 0 Å². The van der Waals surface area contributed by atoms with Crippen molar-refractivity contribution in [1.29, 1.82) is 0 Å². The number of carbonyl (C=O) groups is 4. The van der Waals surface area contributed by atoms with Crippen LogP contribution in [0.15, 0.2) is 30.3 Å². The van der Waals surface area contributed by atoms with E-state index in [0.29, 0.717) is 5.75 Å². The second-order valence-electron chi connectivity index (χ2n) is 5.03. The third-order valence-corrected chi connectivity index (χ3v) is 2.92. The molecule has 0 saturated heterocycles. The van der Waals surface area contributed by atoms with Gasteiger partial charge in [0.1, 0.15) is 12.3 Å². The van der Waals surface area contributed by atoms with Crippen molar-refractivity contribution >= 4 is 34.9 Å². The van der Waals surface area contributed by atoms with Crippen LogP contribution in [0.25, 0.3) is 0 Å². The van der Waals surface area contributed by atoms with E-state index in [1.807, 2.05) is 6.07 Å². The summed E-state index contributed by atoms with van der Waals surface area (Å²) >= 11 is 0.932. The van der Waals surface area contributed by atoms with Crippen LogP contribution >= 0.6 is 11.8 Å². The highest BCUT2D eigenvalue weighted by Crippen LogP contribution is 2.07. The molecule has 0 aliphatic carbocycles. The number of hydrogen-bond donors (Lipinski definition) is 1. The minimum Gasteiger partial charge on any atom is -0.428 e. The van der Waals surface area contributed by atoms with E-state index in [4.69, 9.17) is 4.74 Å². The zero-order valence-electron chi connectivity index (χ0n) is 15.1. The Morgan fingerprint density at radius 3 is 2.23 bits per heavy atom. The van der Waals surface area contributed by atoms with Gasteiger partial charge < -0.3 is 19.5 Å². The summed E-state index contributed by atoms with van der Waals surface area (Å²) in [4.78, 5) is 42.9. The summed E-state index contributed by atoms with van der Waals surface area (Å²) in [5.74, 6) is -0.828. The molecule has 0 atom stereocenters. The van der Waals surface area contributed by atoms with Crippen molar-refractivity contribution < 1.29 is 34.8 Å². The highest BCUT2D eigenvalue weighted by molar-refractivity contribution is 8.12. The first-order valence-corrected chi connectivity index (χ1v) is 8.86. The number of rotatable bonds is 6. The monoisotopic (exact) mass is 387 g/mol. The molecule has 0 aliphatic heterocycles. The molecule has 0 aliphatic rings. The van der Waals surface area contributed by atoms with E-state index < -0.39 is 11.3 Å². The Morgan fingerprint density at radius 2 is 1.73 bits per heavy atom. The Morgan fingerprint density at radius 1 is 1.12 bits per heavy atom. The van der Waals surface area contributed by atoms with Crippen molar-refractivity contribution in [1.82, 2.24) is 5.32 Å². The van der Waals surface area contributed by atoms with Crippen molar-refractivity contribution in [3.8, 4) is 5.75 Å². The number of para-hydroxylation sites is 1. The molecule has 26 heavy (non-hydrogen) atoms. The minimum atomic E-state index is -0.480. The molecule has 1 aromatic rings. The summed E-state index contributed by atoms with van der Waals surface area (Å²) in [5, 5.41) is 1.90. The fourth-order valence-corrected chi connectivity index (χ4v) is 1.38. The van der Waals surface area contributed by atoms with Crippen LogP contribution in [0.5, 0.6) is 5.75 Å². The van der Waals surface area contributed by atoms with Crippen molar-refractivity contribution in [3.63, 3.8) is 0 Å². The quantitative estimate of drug-likeness (QED) is 0.451. The maximum Gasteiger partial charge on any atom is 0.369 e. The van der Waals surface area contributed by atoms with Gasteiger partial charge in [0.2, 0.25) is 12.7 Å². The Balaban J connectivity index is 0. The Kier molecular flexibility index (Phi) is 12.4. The summed E-state index contributed by atoms with van der Waals surface area (Å²) in [5.41, 5.74) is 0. The maximum atomic E-state index is 11.1. The number of esters is 2. The molecule has 9 heteroatoms. The second-order valence-corrected chi connectivity index (χ2v) is 5.77. The van der Waals surface area contributed by atoms with Crippen LogP contribution in [-0.2, 0) is 23.9 Å². The number of benzene rings is 1. The number of thioether (sulfide) groups is 1. The lowest BCUT2D eigenvalue weighted by Crippen LogP contribution is -2.29. The Bertz CT molecular complexity index is 596. The van der Waals surface area contributed by atoms with E-state index in [0.717, 1.165) is 11.8 Å². The largest absolute Gasteiger partial charge is 0.428 e. The normalized spacial score (nSPS) is 9.42. The van der Waals surface area contributed by atoms with Gasteiger partial charge >= 0.3 is 17.2 Å². The first kappa shape index (κ1) is 23.4. The Hall–Kier alpha value is -2.55. The molecular formula is C17H25NO7S. The van der Waals surface area contributed by atoms with Crippen LogP contribution in [0.3, 0.4) is 0 Å². The molecule has 0 aromatic heterocycles. The van der Waals surface area contributed by atoms with Crippen LogP contribution in [-0.4, -0.2) is 42.7 Å². The fraction of sp³-hybridized carbons (Fsp3) is 0.412. The van der Waals surface area contributed by atoms with E-state index in [-0.39, 0.29) is 32.6 Å². The van der Waals surface area contributed by atoms with Gasteiger partial charge in [-0.2, -0.15) is 0 Å². The van der Waals surface area contributed by atoms with E-state index in [2.05, 4.69) is 14.8 Å². The topological polar surface area (TPSA) is 108 Å². The number of hydrogen-bond acceptors (Lipinski definition) is 8. The molecule has 1 aromatic carbocycles. The Labute approximate surface area is 158 Å². The van der Waals surface area contributed by atoms with Gasteiger partial charge in [-0.1, -0.05) is 32.0 Å². The SMILES string of the molecule is CC(=O)NCC(=O)Oc1ccccc1.CSC(=O)OCOC(=O)C(C)C.[HH]. The van der Waals surface area contributed by atoms with Gasteiger partial charge in [0.25, 0.3) is 0 Å². The molecule has 0 radical (unpaired) electrons. The second kappa shape index (κ2) is 13.7. The summed E-state index contributed by atoms with van der Waals surface area (Å²) in [7, 11) is 0. The van der Waals surface area contributed by atoms with E-state index in [1.54, 1.807) is 44.4 Å². The lowest BCUT2D eigenvalue weighted by Gasteiger charge is -2.06. The standard InChI is InChI=1S/C10H11NO3.C7H12O4S.H2/c1-8(12)11-7-10(13)14-9-5-3-2-4-6-9;1-5(2)6(8)10-4-11-7(9)12-3;/h2-6H,7H2,1H3,(H,11,12);5H,4H2,1-3H3;1H. The van der Waals surface area contributed by atoms with Gasteiger partial charge in [-0.15, -0.1) is 0 Å². The van der Waals surface area contributed by atoms with Crippen LogP contribution in [0.2, 0.25) is 0 Å². The summed E-state index contributed by atoms with van der Waals surface area (Å²) in [6, 6.07) is 8.70. The molecule has 1 amide bonds. The summed E-state index contributed by atoms with van der Waals surface area (Å²) in [6.45, 7) is 4.36. The minimum absolute atomic E-state index is 0. The number of nitrogens with one attached hydrogen (secondary N) is 1. The molecular weight excluding hydrogens is 362 g/mol. The fourth-order valence-electron chi connectivity index (χ4n) is 1.21. The average molecular weight is 387 g/mol. The molecule has 0 saturated carbocycles. The number of ether oxygens (including phenoxy) is 3. The lowest BCUT2D eigenvalue weighted by atomic mass is 10.2. The smallest absolute Gasteiger partial charge is 0.369 e. The predicted molar refractivity (Wildman–Crippen MR) is 98.7 cm³/mol. The van der Waals surface area contributed by atoms with E-state index >= 15 is 0 Å². The van der Waals surface area contributed by atoms with Crippen LogP contribution in [0.4, 0.5) is 4.79 Å². The van der Waals surface area contributed by atoms with Crippen LogP contribution in [0.1, 0.15) is 22.2 Å². The zero-order valence-corrected chi connectivity index (χ0v) is 16.0. The average Bonchev–Trinajstić information content (AvgIpc) is 2.61. The van der Waals surface area contributed by atoms with Gasteiger partial charge in [-0.3, -0.25) is 9.59 Å². The van der Waals surface area contributed by atoms with Crippen LogP contribution < -0.4 is 10.1 Å². The van der Waals surface area contributed by atoms with Crippen molar-refractivity contribution in [3.05, 3.63) is 30.3 Å². The number of carbonyl (C=O) groups excluding carboxylic acids is 4. The van der Waals surface area contributed by atoms with E-state index in [1.165, 1.54) is 6.92 Å². The maximum absolute atomic E-state index is 11.1. The summed E-state index contributed by atoms with van der Waals surface area (Å²) < 4.78 is 14.0. The molecule has 1 rings (SSSR count). The van der Waals surface area contributed by atoms with Crippen LogP contribution in [0, 0.1) is 5.92 Å². The molecule has 0 unspecified atom stereocenters. The molecule has 146 valence electrons. The molecule has 1 N–H and O–H groups in total. The molecule has 0 heterocycles. The third kappa shape index (κ3) is 12.8. The van der Waals surface area contributed by atoms with Gasteiger partial charge in [0.05, 0.1) is 5.92 Å². The summed E-state index contributed by atoms with van der Waals surface area (Å²) in [6.07, 6.45) is 1.59. The van der Waals surface area contributed by atoms with Crippen molar-refractivity contribution in [2.75, 3.05) is 19.6 Å². The molecule has 8 nitrogen and oxygen atoms in total. The van der Waals surface area contributed by atoms with Crippen molar-refractivity contribution in [2.24, 2.45) is 5.92 Å².